The van der Waals surface area contributed by atoms with Crippen LogP contribution in [0.2, 0.25) is 0 Å². The molecule has 1 aromatic rings. The van der Waals surface area contributed by atoms with Gasteiger partial charge in [-0.25, -0.2) is 0 Å². The van der Waals surface area contributed by atoms with Gasteiger partial charge >= 0.3 is 0 Å². The van der Waals surface area contributed by atoms with E-state index < -0.39 is 0 Å². The standard InChI is InChI=1S/C15H25N3.HI/c1-4-5-9-12-17-15(16-3)18-13(2)14-10-7-6-8-11-14;/h6-8,10-11,13H,4-5,9,12H2,1-3H3,(H2,16,17,18);1H. The molecule has 1 unspecified atom stereocenters. The van der Waals surface area contributed by atoms with E-state index in [0.717, 1.165) is 12.5 Å². The van der Waals surface area contributed by atoms with E-state index >= 15 is 0 Å². The second-order valence-electron chi connectivity index (χ2n) is 4.48. The smallest absolute Gasteiger partial charge is 0.191 e. The van der Waals surface area contributed by atoms with Gasteiger partial charge in [-0.2, -0.15) is 0 Å². The highest BCUT2D eigenvalue weighted by atomic mass is 127. The lowest BCUT2D eigenvalue weighted by Gasteiger charge is -2.18. The monoisotopic (exact) mass is 375 g/mol. The van der Waals surface area contributed by atoms with Crippen molar-refractivity contribution in [2.75, 3.05) is 13.6 Å². The fourth-order valence-electron chi connectivity index (χ4n) is 1.81. The van der Waals surface area contributed by atoms with Gasteiger partial charge in [-0.15, -0.1) is 24.0 Å². The Hall–Kier alpha value is -0.780. The molecule has 0 radical (unpaired) electrons. The summed E-state index contributed by atoms with van der Waals surface area (Å²) in [6, 6.07) is 10.7. The Morgan fingerprint density at radius 1 is 1.21 bits per heavy atom. The van der Waals surface area contributed by atoms with E-state index in [1.54, 1.807) is 0 Å². The van der Waals surface area contributed by atoms with Crippen LogP contribution in [0.1, 0.15) is 44.7 Å². The highest BCUT2D eigenvalue weighted by molar-refractivity contribution is 14.0. The minimum atomic E-state index is 0. The molecule has 0 amide bonds. The van der Waals surface area contributed by atoms with Crippen molar-refractivity contribution < 1.29 is 0 Å². The third kappa shape index (κ3) is 7.40. The van der Waals surface area contributed by atoms with Gasteiger partial charge in [0.15, 0.2) is 5.96 Å². The quantitative estimate of drug-likeness (QED) is 0.344. The Morgan fingerprint density at radius 2 is 1.89 bits per heavy atom. The number of aliphatic imine (C=N–C) groups is 1. The van der Waals surface area contributed by atoms with E-state index in [2.05, 4.69) is 53.7 Å². The van der Waals surface area contributed by atoms with Crippen LogP contribution in [-0.2, 0) is 0 Å². The molecule has 1 atom stereocenters. The molecule has 0 aliphatic carbocycles. The van der Waals surface area contributed by atoms with Crippen LogP contribution in [0.4, 0.5) is 0 Å². The molecule has 1 rings (SSSR count). The van der Waals surface area contributed by atoms with Crippen LogP contribution in [0.5, 0.6) is 0 Å². The van der Waals surface area contributed by atoms with Gasteiger partial charge in [0, 0.05) is 13.6 Å². The molecule has 4 heteroatoms. The summed E-state index contributed by atoms with van der Waals surface area (Å²) in [5, 5.41) is 6.74. The average Bonchev–Trinajstić information content (AvgIpc) is 2.43. The summed E-state index contributed by atoms with van der Waals surface area (Å²) in [7, 11) is 1.81. The van der Waals surface area contributed by atoms with Crippen molar-refractivity contribution in [1.29, 1.82) is 0 Å². The van der Waals surface area contributed by atoms with Crippen molar-refractivity contribution in [1.82, 2.24) is 10.6 Å². The fraction of sp³-hybridized carbons (Fsp3) is 0.533. The second-order valence-corrected chi connectivity index (χ2v) is 4.48. The molecular formula is C15H26IN3. The first kappa shape index (κ1) is 18.2. The van der Waals surface area contributed by atoms with Crippen molar-refractivity contribution in [3.8, 4) is 0 Å². The maximum absolute atomic E-state index is 4.25. The minimum Gasteiger partial charge on any atom is -0.356 e. The van der Waals surface area contributed by atoms with E-state index in [1.165, 1.54) is 24.8 Å². The molecule has 19 heavy (non-hydrogen) atoms. The highest BCUT2D eigenvalue weighted by Gasteiger charge is 2.06. The first-order valence-electron chi connectivity index (χ1n) is 6.80. The molecular weight excluding hydrogens is 349 g/mol. The Kier molecular flexibility index (Phi) is 10.6. The van der Waals surface area contributed by atoms with Crippen LogP contribution in [0.25, 0.3) is 0 Å². The summed E-state index contributed by atoms with van der Waals surface area (Å²) in [4.78, 5) is 4.25. The minimum absolute atomic E-state index is 0. The first-order chi connectivity index (χ1) is 8.77. The number of hydrogen-bond donors (Lipinski definition) is 2. The summed E-state index contributed by atoms with van der Waals surface area (Å²) < 4.78 is 0. The fourth-order valence-corrected chi connectivity index (χ4v) is 1.81. The van der Waals surface area contributed by atoms with Crippen LogP contribution in [0.15, 0.2) is 35.3 Å². The van der Waals surface area contributed by atoms with Gasteiger partial charge in [0.2, 0.25) is 0 Å². The summed E-state index contributed by atoms with van der Waals surface area (Å²) in [5.74, 6) is 0.877. The van der Waals surface area contributed by atoms with Crippen LogP contribution >= 0.6 is 24.0 Å². The number of nitrogens with zero attached hydrogens (tertiary/aromatic N) is 1. The molecule has 2 N–H and O–H groups in total. The Bertz CT molecular complexity index is 352. The third-order valence-corrected chi connectivity index (χ3v) is 2.95. The third-order valence-electron chi connectivity index (χ3n) is 2.95. The molecule has 0 aliphatic rings. The van der Waals surface area contributed by atoms with Crippen molar-refractivity contribution in [2.24, 2.45) is 4.99 Å². The van der Waals surface area contributed by atoms with Gasteiger partial charge in [-0.05, 0) is 18.9 Å². The number of rotatable bonds is 6. The highest BCUT2D eigenvalue weighted by Crippen LogP contribution is 2.10. The molecule has 0 saturated carbocycles. The molecule has 0 aliphatic heterocycles. The number of guanidine groups is 1. The van der Waals surface area contributed by atoms with Crippen LogP contribution in [-0.4, -0.2) is 19.6 Å². The first-order valence-corrected chi connectivity index (χ1v) is 6.80. The van der Waals surface area contributed by atoms with Crippen molar-refractivity contribution in [3.63, 3.8) is 0 Å². The summed E-state index contributed by atoms with van der Waals surface area (Å²) in [5.41, 5.74) is 1.27. The van der Waals surface area contributed by atoms with Gasteiger partial charge in [0.1, 0.15) is 0 Å². The van der Waals surface area contributed by atoms with Crippen LogP contribution in [0, 0.1) is 0 Å². The number of halogens is 1. The molecule has 0 heterocycles. The van der Waals surface area contributed by atoms with Gasteiger partial charge in [-0.1, -0.05) is 50.1 Å². The van der Waals surface area contributed by atoms with Gasteiger partial charge in [-0.3, -0.25) is 4.99 Å². The molecule has 3 nitrogen and oxygen atoms in total. The predicted molar refractivity (Wildman–Crippen MR) is 94.3 cm³/mol. The van der Waals surface area contributed by atoms with Crippen LogP contribution < -0.4 is 10.6 Å². The second kappa shape index (κ2) is 11.1. The molecule has 0 fully saturated rings. The lowest BCUT2D eigenvalue weighted by atomic mass is 10.1. The largest absolute Gasteiger partial charge is 0.356 e. The molecule has 1 aromatic carbocycles. The average molecular weight is 375 g/mol. The van der Waals surface area contributed by atoms with E-state index in [4.69, 9.17) is 0 Å². The lowest BCUT2D eigenvalue weighted by molar-refractivity contribution is 0.654. The molecule has 108 valence electrons. The Balaban J connectivity index is 0.00000324. The maximum Gasteiger partial charge on any atom is 0.191 e. The zero-order valence-electron chi connectivity index (χ0n) is 12.1. The summed E-state index contributed by atoms with van der Waals surface area (Å²) in [6.45, 7) is 5.34. The van der Waals surface area contributed by atoms with Gasteiger partial charge < -0.3 is 10.6 Å². The number of unbranched alkanes of at least 4 members (excludes halogenated alkanes) is 2. The van der Waals surface area contributed by atoms with Crippen LogP contribution in [0.3, 0.4) is 0 Å². The molecule has 0 spiro atoms. The molecule has 0 aromatic heterocycles. The number of nitrogens with one attached hydrogen (secondary N) is 2. The number of benzene rings is 1. The zero-order chi connectivity index (χ0) is 13.2. The summed E-state index contributed by atoms with van der Waals surface area (Å²) >= 11 is 0. The lowest BCUT2D eigenvalue weighted by Crippen LogP contribution is -2.39. The van der Waals surface area contributed by atoms with Gasteiger partial charge in [0.25, 0.3) is 0 Å². The van der Waals surface area contributed by atoms with E-state index in [9.17, 15) is 0 Å². The van der Waals surface area contributed by atoms with E-state index in [-0.39, 0.29) is 30.0 Å². The molecule has 0 bridgehead atoms. The Labute approximate surface area is 134 Å². The molecule has 0 saturated heterocycles. The maximum atomic E-state index is 4.25. The topological polar surface area (TPSA) is 36.4 Å². The number of hydrogen-bond acceptors (Lipinski definition) is 1. The van der Waals surface area contributed by atoms with E-state index in [0.29, 0.717) is 0 Å². The Morgan fingerprint density at radius 3 is 2.47 bits per heavy atom. The van der Waals surface area contributed by atoms with Gasteiger partial charge in [0.05, 0.1) is 6.04 Å². The van der Waals surface area contributed by atoms with Crippen molar-refractivity contribution in [2.45, 2.75) is 39.2 Å². The van der Waals surface area contributed by atoms with Crippen molar-refractivity contribution in [3.05, 3.63) is 35.9 Å². The summed E-state index contributed by atoms with van der Waals surface area (Å²) in [6.07, 6.45) is 3.70. The van der Waals surface area contributed by atoms with E-state index in [1.807, 2.05) is 13.1 Å². The zero-order valence-corrected chi connectivity index (χ0v) is 14.5. The normalized spacial score (nSPS) is 12.5. The predicted octanol–water partition coefficient (Wildman–Crippen LogP) is 3.72. The SMILES string of the molecule is CCCCCNC(=NC)NC(C)c1ccccc1.I. The van der Waals surface area contributed by atoms with Crippen molar-refractivity contribution >= 4 is 29.9 Å².